The summed E-state index contributed by atoms with van der Waals surface area (Å²) in [6, 6.07) is 0. The molecule has 2 heteroatoms. The molecule has 1 rings (SSSR count). The van der Waals surface area contributed by atoms with Gasteiger partial charge >= 0.3 is 0 Å². The lowest BCUT2D eigenvalue weighted by molar-refractivity contribution is 0.0828. The maximum Gasteiger partial charge on any atom is 0.0464 e. The lowest BCUT2D eigenvalue weighted by Crippen LogP contribution is -2.37. The van der Waals surface area contributed by atoms with Gasteiger partial charge < -0.3 is 10.1 Å². The van der Waals surface area contributed by atoms with Crippen molar-refractivity contribution in [3.63, 3.8) is 0 Å². The van der Waals surface area contributed by atoms with Crippen LogP contribution in [0.5, 0.6) is 0 Å². The minimum absolute atomic E-state index is 0.796. The predicted molar refractivity (Wildman–Crippen MR) is 88.0 cm³/mol. The molecule has 4 unspecified atom stereocenters. The molecule has 0 bridgehead atoms. The fraction of sp³-hybridized carbons (Fsp3) is 1.00. The van der Waals surface area contributed by atoms with Crippen LogP contribution in [0.3, 0.4) is 0 Å². The summed E-state index contributed by atoms with van der Waals surface area (Å²) in [5, 5.41) is 3.66. The largest absolute Gasteiger partial charge is 0.385 e. The van der Waals surface area contributed by atoms with Crippen LogP contribution in [0.4, 0.5) is 0 Å². The van der Waals surface area contributed by atoms with Gasteiger partial charge in [0.1, 0.15) is 0 Å². The van der Waals surface area contributed by atoms with E-state index in [1.807, 2.05) is 7.11 Å². The Morgan fingerprint density at radius 2 is 1.95 bits per heavy atom. The summed E-state index contributed by atoms with van der Waals surface area (Å²) in [5.41, 5.74) is 0. The fourth-order valence-electron chi connectivity index (χ4n) is 3.84. The number of nitrogens with one attached hydrogen (secondary N) is 1. The Bertz CT molecular complexity index is 242. The molecular weight excluding hydrogens is 246 g/mol. The van der Waals surface area contributed by atoms with Gasteiger partial charge in [-0.3, -0.25) is 0 Å². The van der Waals surface area contributed by atoms with Crippen LogP contribution in [-0.2, 0) is 4.74 Å². The Kier molecular flexibility index (Phi) is 8.79. The van der Waals surface area contributed by atoms with Crippen molar-refractivity contribution in [2.24, 2.45) is 29.6 Å². The molecular formula is C18H37NO. The monoisotopic (exact) mass is 283 g/mol. The minimum atomic E-state index is 0.796. The van der Waals surface area contributed by atoms with Crippen molar-refractivity contribution in [3.05, 3.63) is 0 Å². The zero-order chi connectivity index (χ0) is 15.0. The van der Waals surface area contributed by atoms with E-state index in [-0.39, 0.29) is 0 Å². The van der Waals surface area contributed by atoms with Gasteiger partial charge in [-0.15, -0.1) is 0 Å². The first kappa shape index (κ1) is 18.0. The molecule has 0 saturated heterocycles. The Hall–Kier alpha value is -0.0800. The van der Waals surface area contributed by atoms with Crippen LogP contribution in [0.25, 0.3) is 0 Å². The van der Waals surface area contributed by atoms with E-state index < -0.39 is 0 Å². The van der Waals surface area contributed by atoms with Gasteiger partial charge in [0.2, 0.25) is 0 Å². The molecule has 120 valence electrons. The van der Waals surface area contributed by atoms with E-state index in [1.54, 1.807) is 0 Å². The first-order chi connectivity index (χ1) is 9.60. The zero-order valence-corrected chi connectivity index (χ0v) is 14.5. The third kappa shape index (κ3) is 5.73. The van der Waals surface area contributed by atoms with E-state index in [0.717, 1.165) is 36.2 Å². The molecule has 1 fully saturated rings. The highest BCUT2D eigenvalue weighted by Crippen LogP contribution is 2.41. The normalized spacial score (nSPS) is 28.8. The second-order valence-corrected chi connectivity index (χ2v) is 7.20. The van der Waals surface area contributed by atoms with E-state index in [4.69, 9.17) is 4.74 Å². The molecule has 1 saturated carbocycles. The Morgan fingerprint density at radius 3 is 2.55 bits per heavy atom. The lowest BCUT2D eigenvalue weighted by atomic mass is 9.66. The zero-order valence-electron chi connectivity index (χ0n) is 14.5. The first-order valence-corrected chi connectivity index (χ1v) is 8.79. The molecule has 0 aromatic heterocycles. The number of hydrogen-bond acceptors (Lipinski definition) is 2. The van der Waals surface area contributed by atoms with Crippen LogP contribution in [0, 0.1) is 29.6 Å². The molecule has 2 nitrogen and oxygen atoms in total. The molecule has 0 aliphatic heterocycles. The number of ether oxygens (including phenoxy) is 1. The van der Waals surface area contributed by atoms with E-state index in [0.29, 0.717) is 0 Å². The standard InChI is InChI=1S/C18H37NO/c1-6-10-19-13-17-8-7-16(14(2)3)12-18(17)15(4)9-11-20-5/h14-19H,6-13H2,1-5H3. The van der Waals surface area contributed by atoms with Crippen LogP contribution >= 0.6 is 0 Å². The van der Waals surface area contributed by atoms with Crippen molar-refractivity contribution in [2.45, 2.75) is 59.8 Å². The van der Waals surface area contributed by atoms with Crippen LogP contribution in [0.2, 0.25) is 0 Å². The van der Waals surface area contributed by atoms with E-state index in [9.17, 15) is 0 Å². The third-order valence-electron chi connectivity index (χ3n) is 5.37. The van der Waals surface area contributed by atoms with E-state index in [1.165, 1.54) is 45.2 Å². The molecule has 1 N–H and O–H groups in total. The van der Waals surface area contributed by atoms with Crippen molar-refractivity contribution in [3.8, 4) is 0 Å². The molecule has 1 aliphatic carbocycles. The molecule has 0 spiro atoms. The molecule has 0 aromatic rings. The predicted octanol–water partition coefficient (Wildman–Crippen LogP) is 4.35. The summed E-state index contributed by atoms with van der Waals surface area (Å²) in [5.74, 6) is 4.34. The highest BCUT2D eigenvalue weighted by atomic mass is 16.5. The second kappa shape index (κ2) is 9.78. The Morgan fingerprint density at radius 1 is 1.20 bits per heavy atom. The van der Waals surface area contributed by atoms with Gasteiger partial charge in [0.05, 0.1) is 0 Å². The first-order valence-electron chi connectivity index (χ1n) is 8.79. The summed E-state index contributed by atoms with van der Waals surface area (Å²) in [6.07, 6.45) is 6.74. The number of rotatable bonds is 9. The van der Waals surface area contributed by atoms with Gasteiger partial charge in [-0.1, -0.05) is 27.7 Å². The molecule has 0 heterocycles. The quantitative estimate of drug-likeness (QED) is 0.635. The molecule has 1 aliphatic rings. The fourth-order valence-corrected chi connectivity index (χ4v) is 3.84. The van der Waals surface area contributed by atoms with Crippen molar-refractivity contribution in [1.29, 1.82) is 0 Å². The topological polar surface area (TPSA) is 21.3 Å². The van der Waals surface area contributed by atoms with Crippen molar-refractivity contribution in [2.75, 3.05) is 26.8 Å². The Labute approximate surface area is 127 Å². The summed E-state index contributed by atoms with van der Waals surface area (Å²) >= 11 is 0. The highest BCUT2D eigenvalue weighted by molar-refractivity contribution is 4.85. The minimum Gasteiger partial charge on any atom is -0.385 e. The van der Waals surface area contributed by atoms with Gasteiger partial charge in [-0.2, -0.15) is 0 Å². The van der Waals surface area contributed by atoms with Crippen molar-refractivity contribution in [1.82, 2.24) is 5.32 Å². The van der Waals surface area contributed by atoms with Gasteiger partial charge in [0, 0.05) is 13.7 Å². The maximum absolute atomic E-state index is 5.30. The summed E-state index contributed by atoms with van der Waals surface area (Å²) in [4.78, 5) is 0. The second-order valence-electron chi connectivity index (χ2n) is 7.20. The van der Waals surface area contributed by atoms with Crippen LogP contribution in [0.15, 0.2) is 0 Å². The summed E-state index contributed by atoms with van der Waals surface area (Å²) < 4.78 is 5.30. The van der Waals surface area contributed by atoms with Crippen LogP contribution in [-0.4, -0.2) is 26.8 Å². The van der Waals surface area contributed by atoms with Gasteiger partial charge in [0.25, 0.3) is 0 Å². The smallest absolute Gasteiger partial charge is 0.0464 e. The molecule has 0 aromatic carbocycles. The van der Waals surface area contributed by atoms with Gasteiger partial charge in [0.15, 0.2) is 0 Å². The van der Waals surface area contributed by atoms with Crippen LogP contribution < -0.4 is 5.32 Å². The molecule has 0 amide bonds. The highest BCUT2D eigenvalue weighted by Gasteiger charge is 2.34. The Balaban J connectivity index is 2.56. The van der Waals surface area contributed by atoms with Crippen molar-refractivity contribution < 1.29 is 4.74 Å². The summed E-state index contributed by atoms with van der Waals surface area (Å²) in [7, 11) is 1.82. The molecule has 0 radical (unpaired) electrons. The van der Waals surface area contributed by atoms with Gasteiger partial charge in [-0.05, 0) is 74.8 Å². The maximum atomic E-state index is 5.30. The summed E-state index contributed by atoms with van der Waals surface area (Å²) in [6.45, 7) is 12.8. The van der Waals surface area contributed by atoms with E-state index >= 15 is 0 Å². The average molecular weight is 284 g/mol. The lowest BCUT2D eigenvalue weighted by Gasteiger charge is -2.41. The van der Waals surface area contributed by atoms with Crippen LogP contribution in [0.1, 0.15) is 59.8 Å². The average Bonchev–Trinajstić information content (AvgIpc) is 2.45. The third-order valence-corrected chi connectivity index (χ3v) is 5.37. The SMILES string of the molecule is CCCNCC1CCC(C(C)C)CC1C(C)CCOC. The van der Waals surface area contributed by atoms with E-state index in [2.05, 4.69) is 33.0 Å². The molecule has 4 atom stereocenters. The van der Waals surface area contributed by atoms with Gasteiger partial charge in [-0.25, -0.2) is 0 Å². The van der Waals surface area contributed by atoms with Crippen molar-refractivity contribution >= 4 is 0 Å². The number of methoxy groups -OCH3 is 1. The molecule has 20 heavy (non-hydrogen) atoms. The number of hydrogen-bond donors (Lipinski definition) is 1.